The van der Waals surface area contributed by atoms with E-state index in [1.165, 1.54) is 6.07 Å². The molecule has 0 amide bonds. The number of hydrogen-bond acceptors (Lipinski definition) is 3. The van der Waals surface area contributed by atoms with Crippen LogP contribution in [0.1, 0.15) is 31.2 Å². The first-order valence-corrected chi connectivity index (χ1v) is 6.74. The van der Waals surface area contributed by atoms with Crippen LogP contribution in [-0.4, -0.2) is 28.4 Å². The van der Waals surface area contributed by atoms with Gasteiger partial charge in [-0.25, -0.2) is 4.39 Å². The molecule has 1 aliphatic rings. The number of halogens is 1. The van der Waals surface area contributed by atoms with E-state index in [9.17, 15) is 14.3 Å². The minimum absolute atomic E-state index is 0.0142. The van der Waals surface area contributed by atoms with E-state index in [0.717, 1.165) is 0 Å². The molecule has 4 nitrogen and oxygen atoms in total. The standard InChI is InChI=1S/C15H19FO4/c1-10-3-2-4-12(13(10)16)20-9-15(19)7-5-11(6-8-15)14(17)18/h2-4,11,19H,5-9H2,1H3,(H,17,18). The fraction of sp³-hybridized carbons (Fsp3) is 0.533. The minimum Gasteiger partial charge on any atom is -0.488 e. The zero-order valence-corrected chi connectivity index (χ0v) is 11.4. The van der Waals surface area contributed by atoms with Crippen LogP contribution < -0.4 is 4.74 Å². The van der Waals surface area contributed by atoms with Crippen LogP contribution in [0.3, 0.4) is 0 Å². The molecule has 0 aromatic heterocycles. The molecule has 1 aromatic carbocycles. The van der Waals surface area contributed by atoms with Gasteiger partial charge >= 0.3 is 5.97 Å². The molecule has 2 N–H and O–H groups in total. The van der Waals surface area contributed by atoms with E-state index in [1.54, 1.807) is 19.1 Å². The first-order valence-electron chi connectivity index (χ1n) is 6.74. The van der Waals surface area contributed by atoms with Crippen molar-refractivity contribution in [2.24, 2.45) is 5.92 Å². The number of aliphatic hydroxyl groups is 1. The molecule has 5 heteroatoms. The summed E-state index contributed by atoms with van der Waals surface area (Å²) in [5.74, 6) is -1.52. The normalized spacial score (nSPS) is 26.2. The van der Waals surface area contributed by atoms with E-state index in [4.69, 9.17) is 9.84 Å². The number of benzene rings is 1. The second kappa shape index (κ2) is 5.79. The Labute approximate surface area is 117 Å². The number of carboxylic acids is 1. The lowest BCUT2D eigenvalue weighted by molar-refractivity contribution is -0.145. The molecule has 0 bridgehead atoms. The topological polar surface area (TPSA) is 66.8 Å². The molecule has 0 aliphatic heterocycles. The lowest BCUT2D eigenvalue weighted by Crippen LogP contribution is -2.41. The van der Waals surface area contributed by atoms with Gasteiger partial charge in [0.2, 0.25) is 0 Å². The summed E-state index contributed by atoms with van der Waals surface area (Å²) in [6.45, 7) is 1.63. The molecule has 0 saturated heterocycles. The molecular formula is C15H19FO4. The summed E-state index contributed by atoms with van der Waals surface area (Å²) in [5, 5.41) is 19.3. The van der Waals surface area contributed by atoms with Crippen molar-refractivity contribution < 1.29 is 24.1 Å². The zero-order valence-electron chi connectivity index (χ0n) is 11.4. The van der Waals surface area contributed by atoms with Crippen LogP contribution in [-0.2, 0) is 4.79 Å². The van der Waals surface area contributed by atoms with Crippen molar-refractivity contribution in [1.82, 2.24) is 0 Å². The highest BCUT2D eigenvalue weighted by molar-refractivity contribution is 5.70. The lowest BCUT2D eigenvalue weighted by Gasteiger charge is -2.34. The van der Waals surface area contributed by atoms with Crippen molar-refractivity contribution in [1.29, 1.82) is 0 Å². The van der Waals surface area contributed by atoms with Crippen LogP contribution in [0.5, 0.6) is 5.75 Å². The Kier molecular flexibility index (Phi) is 4.28. The van der Waals surface area contributed by atoms with Crippen LogP contribution in [0, 0.1) is 18.7 Å². The summed E-state index contributed by atoms with van der Waals surface area (Å²) >= 11 is 0. The molecule has 1 aromatic rings. The van der Waals surface area contributed by atoms with E-state index in [2.05, 4.69) is 0 Å². The van der Waals surface area contributed by atoms with E-state index in [1.807, 2.05) is 0 Å². The maximum atomic E-state index is 13.8. The van der Waals surface area contributed by atoms with Crippen molar-refractivity contribution in [2.45, 2.75) is 38.2 Å². The van der Waals surface area contributed by atoms with Gasteiger partial charge in [-0.1, -0.05) is 12.1 Å². The quantitative estimate of drug-likeness (QED) is 0.890. The van der Waals surface area contributed by atoms with E-state index < -0.39 is 23.3 Å². The molecule has 1 aliphatic carbocycles. The summed E-state index contributed by atoms with van der Waals surface area (Å²) in [6.07, 6.45) is 1.56. The first kappa shape index (κ1) is 14.8. The number of carbonyl (C=O) groups is 1. The highest BCUT2D eigenvalue weighted by Gasteiger charge is 2.36. The maximum absolute atomic E-state index is 13.8. The lowest BCUT2D eigenvalue weighted by atomic mass is 9.79. The SMILES string of the molecule is Cc1cccc(OCC2(O)CCC(C(=O)O)CC2)c1F. The Hall–Kier alpha value is -1.62. The Bertz CT molecular complexity index is 493. The molecule has 2 rings (SSSR count). The van der Waals surface area contributed by atoms with E-state index in [-0.39, 0.29) is 12.4 Å². The van der Waals surface area contributed by atoms with Crippen LogP contribution in [0.2, 0.25) is 0 Å². The zero-order chi connectivity index (χ0) is 14.8. The van der Waals surface area contributed by atoms with Crippen molar-refractivity contribution >= 4 is 5.97 Å². The summed E-state index contributed by atoms with van der Waals surface area (Å²) in [4.78, 5) is 10.9. The monoisotopic (exact) mass is 282 g/mol. The van der Waals surface area contributed by atoms with E-state index in [0.29, 0.717) is 31.2 Å². The molecule has 1 saturated carbocycles. The fourth-order valence-electron chi connectivity index (χ4n) is 2.49. The maximum Gasteiger partial charge on any atom is 0.306 e. The number of hydrogen-bond donors (Lipinski definition) is 2. The van der Waals surface area contributed by atoms with Gasteiger partial charge in [-0.3, -0.25) is 4.79 Å². The third-order valence-electron chi connectivity index (χ3n) is 3.92. The number of carboxylic acid groups (broad SMARTS) is 1. The summed E-state index contributed by atoms with van der Waals surface area (Å²) < 4.78 is 19.1. The first-order chi connectivity index (χ1) is 9.41. The van der Waals surface area contributed by atoms with Crippen LogP contribution in [0.15, 0.2) is 18.2 Å². The van der Waals surface area contributed by atoms with Gasteiger partial charge in [-0.15, -0.1) is 0 Å². The Balaban J connectivity index is 1.94. The third kappa shape index (κ3) is 3.28. The molecule has 0 radical (unpaired) electrons. The highest BCUT2D eigenvalue weighted by atomic mass is 19.1. The van der Waals surface area contributed by atoms with Gasteiger partial charge in [-0.05, 0) is 44.2 Å². The third-order valence-corrected chi connectivity index (χ3v) is 3.92. The largest absolute Gasteiger partial charge is 0.488 e. The van der Waals surface area contributed by atoms with E-state index >= 15 is 0 Å². The van der Waals surface area contributed by atoms with Gasteiger partial charge in [0, 0.05) is 0 Å². The van der Waals surface area contributed by atoms with Gasteiger partial charge in [0.25, 0.3) is 0 Å². The van der Waals surface area contributed by atoms with Crippen molar-refractivity contribution in [3.05, 3.63) is 29.6 Å². The Morgan fingerprint density at radius 3 is 2.70 bits per heavy atom. The van der Waals surface area contributed by atoms with Gasteiger partial charge < -0.3 is 14.9 Å². The molecule has 20 heavy (non-hydrogen) atoms. The van der Waals surface area contributed by atoms with Crippen molar-refractivity contribution in [3.63, 3.8) is 0 Å². The van der Waals surface area contributed by atoms with Crippen LogP contribution in [0.25, 0.3) is 0 Å². The predicted octanol–water partition coefficient (Wildman–Crippen LogP) is 2.52. The van der Waals surface area contributed by atoms with Gasteiger partial charge in [0.1, 0.15) is 6.61 Å². The van der Waals surface area contributed by atoms with Gasteiger partial charge in [0.15, 0.2) is 11.6 Å². The smallest absolute Gasteiger partial charge is 0.306 e. The molecular weight excluding hydrogens is 263 g/mol. The fourth-order valence-corrected chi connectivity index (χ4v) is 2.49. The van der Waals surface area contributed by atoms with Crippen molar-refractivity contribution in [3.8, 4) is 5.75 Å². The number of aliphatic carboxylic acids is 1. The predicted molar refractivity (Wildman–Crippen MR) is 71.2 cm³/mol. The van der Waals surface area contributed by atoms with Gasteiger partial charge in [0.05, 0.1) is 11.5 Å². The average molecular weight is 282 g/mol. The highest BCUT2D eigenvalue weighted by Crippen LogP contribution is 2.33. The Morgan fingerprint density at radius 2 is 2.10 bits per heavy atom. The number of ether oxygens (including phenoxy) is 1. The second-order valence-corrected chi connectivity index (χ2v) is 5.51. The molecule has 0 unspecified atom stereocenters. The Morgan fingerprint density at radius 1 is 1.45 bits per heavy atom. The molecule has 0 spiro atoms. The summed E-state index contributed by atoms with van der Waals surface area (Å²) in [6, 6.07) is 4.86. The molecule has 110 valence electrons. The number of aryl methyl sites for hydroxylation is 1. The average Bonchev–Trinajstić information content (AvgIpc) is 2.41. The second-order valence-electron chi connectivity index (χ2n) is 5.51. The van der Waals surface area contributed by atoms with Crippen molar-refractivity contribution in [2.75, 3.05) is 6.61 Å². The summed E-state index contributed by atoms with van der Waals surface area (Å²) in [5.41, 5.74) is -0.577. The summed E-state index contributed by atoms with van der Waals surface area (Å²) in [7, 11) is 0. The van der Waals surface area contributed by atoms with Crippen LogP contribution >= 0.6 is 0 Å². The molecule has 1 fully saturated rings. The number of rotatable bonds is 4. The molecule has 0 heterocycles. The van der Waals surface area contributed by atoms with Crippen LogP contribution in [0.4, 0.5) is 4.39 Å². The minimum atomic E-state index is -1.07. The molecule has 0 atom stereocenters. The van der Waals surface area contributed by atoms with Gasteiger partial charge in [-0.2, -0.15) is 0 Å².